The van der Waals surface area contributed by atoms with Gasteiger partial charge in [-0.3, -0.25) is 5.43 Å². The Labute approximate surface area is 168 Å². The first-order chi connectivity index (χ1) is 14.1. The van der Waals surface area contributed by atoms with Crippen LogP contribution >= 0.6 is 0 Å². The zero-order chi connectivity index (χ0) is 20.4. The first-order valence-electron chi connectivity index (χ1n) is 9.55. The average Bonchev–Trinajstić information content (AvgIpc) is 3.38. The van der Waals surface area contributed by atoms with E-state index in [1.165, 1.54) is 12.3 Å². The molecule has 4 unspecified atom stereocenters. The van der Waals surface area contributed by atoms with Gasteiger partial charge in [0, 0.05) is 17.9 Å². The Bertz CT molecular complexity index is 963. The minimum Gasteiger partial charge on any atom is -0.458 e. The van der Waals surface area contributed by atoms with Crippen LogP contribution in [0.25, 0.3) is 0 Å². The zero-order valence-corrected chi connectivity index (χ0v) is 15.9. The van der Waals surface area contributed by atoms with Crippen molar-refractivity contribution < 1.29 is 18.7 Å². The Kier molecular flexibility index (Phi) is 5.25. The van der Waals surface area contributed by atoms with Gasteiger partial charge in [0.25, 0.3) is 0 Å². The minimum atomic E-state index is -0.583. The number of esters is 1. The van der Waals surface area contributed by atoms with Crippen molar-refractivity contribution in [3.05, 3.63) is 65.4 Å². The van der Waals surface area contributed by atoms with E-state index in [9.17, 15) is 10.1 Å². The van der Waals surface area contributed by atoms with Gasteiger partial charge >= 0.3 is 5.97 Å². The molecule has 0 saturated carbocycles. The Balaban J connectivity index is 1.68. The summed E-state index contributed by atoms with van der Waals surface area (Å²) in [6, 6.07) is 12.6. The normalized spacial score (nSPS) is 25.8. The van der Waals surface area contributed by atoms with Crippen molar-refractivity contribution in [2.75, 3.05) is 0 Å². The monoisotopic (exact) mass is 394 g/mol. The van der Waals surface area contributed by atoms with E-state index in [4.69, 9.17) is 19.6 Å². The molecule has 0 bridgehead atoms. The molecule has 8 nitrogen and oxygen atoms in total. The number of rotatable bonds is 5. The molecule has 2 aliphatic rings. The van der Waals surface area contributed by atoms with Gasteiger partial charge in [-0.1, -0.05) is 25.5 Å². The van der Waals surface area contributed by atoms with Gasteiger partial charge < -0.3 is 19.6 Å². The lowest BCUT2D eigenvalue weighted by Crippen LogP contribution is -2.41. The topological polar surface area (TPSA) is 123 Å². The average molecular weight is 394 g/mol. The van der Waals surface area contributed by atoms with Crippen LogP contribution in [0.5, 0.6) is 5.75 Å². The van der Waals surface area contributed by atoms with Gasteiger partial charge in [-0.15, -0.1) is 0 Å². The highest BCUT2D eigenvalue weighted by molar-refractivity contribution is 5.88. The second kappa shape index (κ2) is 7.99. The fourth-order valence-corrected chi connectivity index (χ4v) is 4.07. The zero-order valence-electron chi connectivity index (χ0n) is 15.9. The number of furan rings is 1. The Hall–Kier alpha value is -3.28. The Morgan fingerprint density at radius 1 is 1.31 bits per heavy atom. The predicted octanol–water partition coefficient (Wildman–Crippen LogP) is 2.53. The van der Waals surface area contributed by atoms with Crippen LogP contribution in [0, 0.1) is 17.2 Å². The molecule has 0 radical (unpaired) electrons. The molecule has 150 valence electrons. The van der Waals surface area contributed by atoms with Crippen LogP contribution in [0.4, 0.5) is 0 Å². The second-order valence-corrected chi connectivity index (χ2v) is 7.11. The van der Waals surface area contributed by atoms with Gasteiger partial charge in [-0.2, -0.15) is 5.26 Å². The summed E-state index contributed by atoms with van der Waals surface area (Å²) < 4.78 is 16.3. The molecule has 1 fully saturated rings. The Morgan fingerprint density at radius 3 is 2.90 bits per heavy atom. The van der Waals surface area contributed by atoms with E-state index in [-0.39, 0.29) is 35.7 Å². The summed E-state index contributed by atoms with van der Waals surface area (Å²) in [6.45, 7) is 2.11. The maximum absolute atomic E-state index is 12.2. The van der Waals surface area contributed by atoms with Gasteiger partial charge in [0.1, 0.15) is 11.8 Å². The number of ether oxygens (including phenoxy) is 2. The van der Waals surface area contributed by atoms with Gasteiger partial charge in [0.2, 0.25) is 11.6 Å². The molecule has 1 saturated heterocycles. The predicted molar refractivity (Wildman–Crippen MR) is 103 cm³/mol. The number of hydrogen-bond acceptors (Lipinski definition) is 8. The summed E-state index contributed by atoms with van der Waals surface area (Å²) in [5.74, 6) is -0.304. The molecule has 3 heterocycles. The SMILES string of the molecule is CCCC1NNC2OC(N)=C(C#N)C(c3cccc(OC(=O)c4ccco4)c3)C12. The maximum Gasteiger partial charge on any atom is 0.379 e. The molecule has 1 aromatic carbocycles. The number of fused-ring (bicyclic) bond motifs is 1. The highest BCUT2D eigenvalue weighted by Crippen LogP contribution is 2.44. The third kappa shape index (κ3) is 3.58. The lowest BCUT2D eigenvalue weighted by atomic mass is 9.75. The molecule has 1 aromatic heterocycles. The minimum absolute atomic E-state index is 0.0343. The van der Waals surface area contributed by atoms with Crippen LogP contribution in [-0.2, 0) is 4.74 Å². The van der Waals surface area contributed by atoms with Gasteiger partial charge in [-0.25, -0.2) is 10.2 Å². The molecular weight excluding hydrogens is 372 g/mol. The highest BCUT2D eigenvalue weighted by atomic mass is 16.5. The first kappa shape index (κ1) is 19.1. The van der Waals surface area contributed by atoms with Crippen LogP contribution < -0.4 is 21.3 Å². The molecule has 2 aromatic rings. The number of allylic oxidation sites excluding steroid dienone is 1. The van der Waals surface area contributed by atoms with Crippen molar-refractivity contribution in [3.8, 4) is 11.8 Å². The smallest absolute Gasteiger partial charge is 0.379 e. The van der Waals surface area contributed by atoms with E-state index in [0.717, 1.165) is 18.4 Å². The van der Waals surface area contributed by atoms with Crippen LogP contribution in [0.2, 0.25) is 0 Å². The summed E-state index contributed by atoms with van der Waals surface area (Å²) in [6.07, 6.45) is 2.97. The number of carbonyl (C=O) groups excluding carboxylic acids is 1. The number of hydrazine groups is 1. The summed E-state index contributed by atoms with van der Waals surface area (Å²) in [4.78, 5) is 12.2. The molecule has 0 aliphatic carbocycles. The maximum atomic E-state index is 12.2. The van der Waals surface area contributed by atoms with E-state index < -0.39 is 5.97 Å². The van der Waals surface area contributed by atoms with Gasteiger partial charge in [0.05, 0.1) is 11.8 Å². The van der Waals surface area contributed by atoms with E-state index in [2.05, 4.69) is 23.8 Å². The fourth-order valence-electron chi connectivity index (χ4n) is 4.07. The molecule has 4 rings (SSSR count). The van der Waals surface area contributed by atoms with E-state index >= 15 is 0 Å². The molecule has 0 spiro atoms. The van der Waals surface area contributed by atoms with Crippen LogP contribution in [0.1, 0.15) is 41.8 Å². The van der Waals surface area contributed by atoms with Crippen molar-refractivity contribution in [3.63, 3.8) is 0 Å². The van der Waals surface area contributed by atoms with Gasteiger partial charge in [-0.05, 0) is 36.2 Å². The standard InChI is InChI=1S/C21H22N4O4/c1-2-5-15-18-17(14(11-22)19(23)29-20(18)25-24-15)12-6-3-7-13(10-12)28-21(26)16-8-4-9-27-16/h3-4,6-10,15,17-18,20,24-25H,2,5,23H2,1H3. The molecule has 4 N–H and O–H groups in total. The third-order valence-corrected chi connectivity index (χ3v) is 5.31. The van der Waals surface area contributed by atoms with E-state index in [1.54, 1.807) is 24.3 Å². The van der Waals surface area contributed by atoms with Crippen molar-refractivity contribution >= 4 is 5.97 Å². The van der Waals surface area contributed by atoms with E-state index in [0.29, 0.717) is 11.3 Å². The number of nitrogens with zero attached hydrogens (tertiary/aromatic N) is 1. The molecule has 29 heavy (non-hydrogen) atoms. The lowest BCUT2D eigenvalue weighted by Gasteiger charge is -2.35. The molecule has 8 heteroatoms. The van der Waals surface area contributed by atoms with Crippen LogP contribution in [0.3, 0.4) is 0 Å². The van der Waals surface area contributed by atoms with E-state index in [1.807, 2.05) is 6.07 Å². The quantitative estimate of drug-likeness (QED) is 0.522. The molecular formula is C21H22N4O4. The largest absolute Gasteiger partial charge is 0.458 e. The number of hydrogen-bond donors (Lipinski definition) is 3. The number of benzene rings is 1. The van der Waals surface area contributed by atoms with Crippen molar-refractivity contribution in [1.29, 1.82) is 5.26 Å². The molecule has 2 aliphatic heterocycles. The second-order valence-electron chi connectivity index (χ2n) is 7.11. The number of nitrogens with two attached hydrogens (primary N) is 1. The summed E-state index contributed by atoms with van der Waals surface area (Å²) >= 11 is 0. The fraction of sp³-hybridized carbons (Fsp3) is 0.333. The summed E-state index contributed by atoms with van der Waals surface area (Å²) in [5.41, 5.74) is 13.7. The molecule has 4 atom stereocenters. The van der Waals surface area contributed by atoms with Crippen LogP contribution in [0.15, 0.2) is 58.5 Å². The van der Waals surface area contributed by atoms with Crippen LogP contribution in [-0.4, -0.2) is 18.2 Å². The molecule has 0 amide bonds. The summed E-state index contributed by atoms with van der Waals surface area (Å²) in [5, 5.41) is 9.76. The summed E-state index contributed by atoms with van der Waals surface area (Å²) in [7, 11) is 0. The van der Waals surface area contributed by atoms with Crippen molar-refractivity contribution in [2.45, 2.75) is 38.0 Å². The number of nitriles is 1. The lowest BCUT2D eigenvalue weighted by molar-refractivity contribution is 0.0336. The Morgan fingerprint density at radius 2 is 2.17 bits per heavy atom. The number of nitrogens with one attached hydrogen (secondary N) is 2. The van der Waals surface area contributed by atoms with Gasteiger partial charge in [0.15, 0.2) is 6.23 Å². The van der Waals surface area contributed by atoms with Crippen molar-refractivity contribution in [2.24, 2.45) is 11.7 Å². The first-order valence-corrected chi connectivity index (χ1v) is 9.55. The highest BCUT2D eigenvalue weighted by Gasteiger charge is 2.48. The van der Waals surface area contributed by atoms with Crippen molar-refractivity contribution in [1.82, 2.24) is 10.9 Å². The third-order valence-electron chi connectivity index (χ3n) is 5.31. The number of carbonyl (C=O) groups is 1.